The zero-order valence-corrected chi connectivity index (χ0v) is 11.2. The van der Waals surface area contributed by atoms with Crippen LogP contribution in [0.25, 0.3) is 0 Å². The zero-order chi connectivity index (χ0) is 15.4. The lowest BCUT2D eigenvalue weighted by Crippen LogP contribution is -2.15. The van der Waals surface area contributed by atoms with E-state index in [-0.39, 0.29) is 23.5 Å². The summed E-state index contributed by atoms with van der Waals surface area (Å²) in [6, 6.07) is 2.64. The Morgan fingerprint density at radius 1 is 1.43 bits per heavy atom. The van der Waals surface area contributed by atoms with Crippen molar-refractivity contribution in [3.05, 3.63) is 28.0 Å². The van der Waals surface area contributed by atoms with Gasteiger partial charge >= 0.3 is 5.88 Å². The lowest BCUT2D eigenvalue weighted by molar-refractivity contribution is -0.402. The van der Waals surface area contributed by atoms with Gasteiger partial charge in [0.25, 0.3) is 0 Å². The first-order chi connectivity index (χ1) is 9.95. The lowest BCUT2D eigenvalue weighted by atomic mass is 10.5. The van der Waals surface area contributed by atoms with E-state index >= 15 is 0 Å². The fourth-order valence-electron chi connectivity index (χ4n) is 1.29. The molecule has 11 nitrogen and oxygen atoms in total. The Hall–Kier alpha value is -3.24. The molecule has 2 aromatic rings. The molecule has 0 radical (unpaired) electrons. The smallest absolute Gasteiger partial charge is 0.400 e. The summed E-state index contributed by atoms with van der Waals surface area (Å²) in [4.78, 5) is 23.3. The first-order valence-electron chi connectivity index (χ1n) is 5.68. The van der Waals surface area contributed by atoms with Crippen molar-refractivity contribution in [2.75, 3.05) is 30.2 Å². The van der Waals surface area contributed by atoms with E-state index in [1.165, 1.54) is 18.3 Å². The number of nitrogen functional groups attached to an aromatic ring is 1. The molecule has 2 rings (SSSR count). The van der Waals surface area contributed by atoms with E-state index in [4.69, 9.17) is 10.2 Å². The molecule has 110 valence electrons. The van der Waals surface area contributed by atoms with Crippen LogP contribution in [-0.2, 0) is 0 Å². The minimum absolute atomic E-state index is 0.0417. The van der Waals surface area contributed by atoms with Crippen LogP contribution in [-0.4, -0.2) is 40.2 Å². The van der Waals surface area contributed by atoms with Crippen molar-refractivity contribution in [3.8, 4) is 0 Å². The standard InChI is InChI=1S/C10H12N8O3/c1-17(2)10-14-8(11)13-9(15-10)16-12-5-6-3-4-7(21-6)18(19)20/h3-5H,1-2H3,(H3,11,13,14,15,16)/b12-5+. The summed E-state index contributed by atoms with van der Waals surface area (Å²) in [5.74, 6) is 0.400. The highest BCUT2D eigenvalue weighted by atomic mass is 16.6. The highest BCUT2D eigenvalue weighted by molar-refractivity contribution is 5.76. The largest absolute Gasteiger partial charge is 0.433 e. The predicted molar refractivity (Wildman–Crippen MR) is 75.1 cm³/mol. The average Bonchev–Trinajstić information content (AvgIpc) is 2.87. The van der Waals surface area contributed by atoms with Gasteiger partial charge in [0, 0.05) is 14.1 Å². The fraction of sp³-hybridized carbons (Fsp3) is 0.200. The molecule has 0 amide bonds. The predicted octanol–water partition coefficient (Wildman–Crippen LogP) is 0.467. The van der Waals surface area contributed by atoms with Crippen molar-refractivity contribution in [1.29, 1.82) is 0 Å². The number of nitrogens with zero attached hydrogens (tertiary/aromatic N) is 6. The molecule has 2 aromatic heterocycles. The summed E-state index contributed by atoms with van der Waals surface area (Å²) in [5.41, 5.74) is 8.08. The van der Waals surface area contributed by atoms with Gasteiger partial charge in [-0.15, -0.1) is 0 Å². The van der Waals surface area contributed by atoms with E-state index in [1.54, 1.807) is 19.0 Å². The molecule has 3 N–H and O–H groups in total. The summed E-state index contributed by atoms with van der Waals surface area (Å²) in [6.07, 6.45) is 1.25. The number of nitrogens with one attached hydrogen (secondary N) is 1. The van der Waals surface area contributed by atoms with Crippen molar-refractivity contribution in [2.24, 2.45) is 5.10 Å². The summed E-state index contributed by atoms with van der Waals surface area (Å²) >= 11 is 0. The van der Waals surface area contributed by atoms with Crippen LogP contribution in [0.4, 0.5) is 23.7 Å². The zero-order valence-electron chi connectivity index (χ0n) is 11.2. The van der Waals surface area contributed by atoms with Crippen molar-refractivity contribution in [3.63, 3.8) is 0 Å². The second kappa shape index (κ2) is 5.81. The van der Waals surface area contributed by atoms with Gasteiger partial charge in [0.15, 0.2) is 5.76 Å². The van der Waals surface area contributed by atoms with Crippen LogP contribution in [0.3, 0.4) is 0 Å². The van der Waals surface area contributed by atoms with Crippen LogP contribution in [0, 0.1) is 10.1 Å². The first-order valence-corrected chi connectivity index (χ1v) is 5.68. The summed E-state index contributed by atoms with van der Waals surface area (Å²) in [6.45, 7) is 0. The Kier molecular flexibility index (Phi) is 3.92. The molecule has 0 aliphatic heterocycles. The second-order valence-electron chi connectivity index (χ2n) is 4.01. The maximum Gasteiger partial charge on any atom is 0.433 e. The minimum atomic E-state index is -0.638. The molecule has 2 heterocycles. The van der Waals surface area contributed by atoms with Gasteiger partial charge in [-0.25, -0.2) is 5.43 Å². The van der Waals surface area contributed by atoms with Crippen LogP contribution in [0.15, 0.2) is 21.7 Å². The number of rotatable bonds is 5. The topological polar surface area (TPSA) is 149 Å². The van der Waals surface area contributed by atoms with Gasteiger partial charge in [0.2, 0.25) is 17.8 Å². The monoisotopic (exact) mass is 292 g/mol. The first kappa shape index (κ1) is 14.2. The van der Waals surface area contributed by atoms with Crippen molar-refractivity contribution >= 4 is 29.9 Å². The summed E-state index contributed by atoms with van der Waals surface area (Å²) < 4.78 is 4.89. The van der Waals surface area contributed by atoms with Gasteiger partial charge in [-0.2, -0.15) is 20.1 Å². The highest BCUT2D eigenvalue weighted by Gasteiger charge is 2.10. The lowest BCUT2D eigenvalue weighted by Gasteiger charge is -2.10. The Labute approximate surface area is 118 Å². The van der Waals surface area contributed by atoms with E-state index in [0.29, 0.717) is 5.95 Å². The molecule has 0 atom stereocenters. The molecule has 11 heteroatoms. The Balaban J connectivity index is 2.08. The van der Waals surface area contributed by atoms with Crippen LogP contribution in [0.5, 0.6) is 0 Å². The molecule has 0 bridgehead atoms. The molecule has 0 aromatic carbocycles. The molecule has 21 heavy (non-hydrogen) atoms. The number of hydrazone groups is 1. The maximum atomic E-state index is 10.5. The number of aromatic nitrogens is 3. The van der Waals surface area contributed by atoms with Gasteiger partial charge in [-0.1, -0.05) is 0 Å². The van der Waals surface area contributed by atoms with Gasteiger partial charge in [0.05, 0.1) is 12.3 Å². The van der Waals surface area contributed by atoms with Gasteiger partial charge < -0.3 is 15.1 Å². The Bertz CT molecular complexity index is 681. The van der Waals surface area contributed by atoms with Crippen LogP contribution in [0.1, 0.15) is 5.76 Å². The molecule has 0 aliphatic carbocycles. The molecule has 0 fully saturated rings. The normalized spacial score (nSPS) is 10.8. The number of anilines is 3. The maximum absolute atomic E-state index is 10.5. The number of hydrogen-bond donors (Lipinski definition) is 2. The Morgan fingerprint density at radius 3 is 2.81 bits per heavy atom. The van der Waals surface area contributed by atoms with Crippen LogP contribution < -0.4 is 16.1 Å². The number of furan rings is 1. The molecule has 0 unspecified atom stereocenters. The summed E-state index contributed by atoms with van der Waals surface area (Å²) in [7, 11) is 3.51. The summed E-state index contributed by atoms with van der Waals surface area (Å²) in [5, 5.41) is 14.3. The van der Waals surface area contributed by atoms with E-state index in [2.05, 4.69) is 25.5 Å². The number of nitro groups is 1. The number of nitrogens with two attached hydrogens (primary N) is 1. The third-order valence-corrected chi connectivity index (χ3v) is 2.19. The highest BCUT2D eigenvalue weighted by Crippen LogP contribution is 2.14. The molecule has 0 saturated heterocycles. The van der Waals surface area contributed by atoms with E-state index < -0.39 is 4.92 Å². The van der Waals surface area contributed by atoms with Crippen LogP contribution >= 0.6 is 0 Å². The molecule has 0 aliphatic rings. The fourth-order valence-corrected chi connectivity index (χ4v) is 1.29. The third kappa shape index (κ3) is 3.62. The van der Waals surface area contributed by atoms with E-state index in [0.717, 1.165) is 0 Å². The van der Waals surface area contributed by atoms with Gasteiger partial charge in [-0.05, 0) is 6.07 Å². The average molecular weight is 292 g/mol. The quantitative estimate of drug-likeness (QED) is 0.455. The Morgan fingerprint density at radius 2 is 2.19 bits per heavy atom. The van der Waals surface area contributed by atoms with Gasteiger partial charge in [-0.3, -0.25) is 10.1 Å². The molecular weight excluding hydrogens is 280 g/mol. The third-order valence-electron chi connectivity index (χ3n) is 2.19. The van der Waals surface area contributed by atoms with Crippen LogP contribution in [0.2, 0.25) is 0 Å². The second-order valence-corrected chi connectivity index (χ2v) is 4.01. The minimum Gasteiger partial charge on any atom is -0.400 e. The SMILES string of the molecule is CN(C)c1nc(N)nc(N/N=C/c2ccc([N+](=O)[O-])o2)n1. The van der Waals surface area contributed by atoms with Crippen molar-refractivity contribution in [1.82, 2.24) is 15.0 Å². The van der Waals surface area contributed by atoms with Gasteiger partial charge in [0.1, 0.15) is 4.92 Å². The van der Waals surface area contributed by atoms with Crippen molar-refractivity contribution < 1.29 is 9.34 Å². The number of hydrogen-bond acceptors (Lipinski definition) is 10. The molecule has 0 saturated carbocycles. The molecular formula is C10H12N8O3. The van der Waals surface area contributed by atoms with Crippen molar-refractivity contribution in [2.45, 2.75) is 0 Å². The van der Waals surface area contributed by atoms with E-state index in [1.807, 2.05) is 0 Å². The van der Waals surface area contributed by atoms with E-state index in [9.17, 15) is 10.1 Å². The molecule has 0 spiro atoms.